The van der Waals surface area contributed by atoms with Gasteiger partial charge in [-0.25, -0.2) is 14.4 Å². The van der Waals surface area contributed by atoms with Gasteiger partial charge in [0, 0.05) is 12.6 Å². The van der Waals surface area contributed by atoms with Crippen molar-refractivity contribution in [2.45, 2.75) is 6.04 Å². The third-order valence-corrected chi connectivity index (χ3v) is 4.45. The molecule has 4 nitrogen and oxygen atoms in total. The first-order valence-electron chi connectivity index (χ1n) is 7.50. The lowest BCUT2D eigenvalue weighted by atomic mass is 9.96. The monoisotopic (exact) mass is 340 g/mol. The number of hydrogen-bond acceptors (Lipinski definition) is 4. The zero-order chi connectivity index (χ0) is 16.7. The van der Waals surface area contributed by atoms with Crippen LogP contribution in [-0.4, -0.2) is 24.1 Å². The standard InChI is InChI=1S/C18H14ClFN4/c1-24-15(11-5-3-2-4-6-11)13-9-12(20)7-8-14(13)23-18-16(24)17(19)21-10-22-18/h2-10,15H,1H3,(H,21,22,23). The van der Waals surface area contributed by atoms with Crippen molar-refractivity contribution >= 4 is 29.5 Å². The fraction of sp³-hybridized carbons (Fsp3) is 0.111. The molecule has 2 aliphatic rings. The van der Waals surface area contributed by atoms with Crippen LogP contribution in [0.5, 0.6) is 0 Å². The third-order valence-electron chi connectivity index (χ3n) is 4.17. The van der Waals surface area contributed by atoms with Gasteiger partial charge in [0.25, 0.3) is 0 Å². The van der Waals surface area contributed by atoms with Crippen LogP contribution in [-0.2, 0) is 0 Å². The fourth-order valence-electron chi connectivity index (χ4n) is 3.12. The minimum Gasteiger partial charge on any atom is -0.358 e. The second-order valence-corrected chi connectivity index (χ2v) is 5.99. The molecule has 0 aliphatic carbocycles. The molecular weight excluding hydrogens is 327 g/mol. The van der Waals surface area contributed by atoms with Gasteiger partial charge in [0.15, 0.2) is 11.0 Å². The Morgan fingerprint density at radius 1 is 1.17 bits per heavy atom. The van der Waals surface area contributed by atoms with E-state index in [0.717, 1.165) is 11.1 Å². The maximum Gasteiger partial charge on any atom is 0.158 e. The highest BCUT2D eigenvalue weighted by atomic mass is 35.5. The molecule has 1 unspecified atom stereocenters. The Morgan fingerprint density at radius 3 is 2.75 bits per heavy atom. The molecule has 2 aromatic rings. The van der Waals surface area contributed by atoms with Crippen molar-refractivity contribution in [2.75, 3.05) is 7.05 Å². The van der Waals surface area contributed by atoms with E-state index in [4.69, 9.17) is 11.6 Å². The van der Waals surface area contributed by atoms with Gasteiger partial charge in [-0.05, 0) is 23.8 Å². The summed E-state index contributed by atoms with van der Waals surface area (Å²) in [6, 6.07) is 14.3. The van der Waals surface area contributed by atoms with Crippen LogP contribution in [0.15, 0.2) is 69.4 Å². The van der Waals surface area contributed by atoms with E-state index in [2.05, 4.69) is 15.3 Å². The molecular formula is C18H14ClFN4. The van der Waals surface area contributed by atoms with Crippen molar-refractivity contribution < 1.29 is 4.39 Å². The van der Waals surface area contributed by atoms with Crippen LogP contribution in [0.4, 0.5) is 10.1 Å². The average Bonchev–Trinajstić information content (AvgIpc) is 2.70. The van der Waals surface area contributed by atoms with E-state index in [1.807, 2.05) is 42.3 Å². The Labute approximate surface area is 144 Å². The van der Waals surface area contributed by atoms with E-state index in [1.54, 1.807) is 6.07 Å². The van der Waals surface area contributed by atoms with E-state index < -0.39 is 0 Å². The number of amidine groups is 1. The summed E-state index contributed by atoms with van der Waals surface area (Å²) in [6.07, 6.45) is 1.50. The summed E-state index contributed by atoms with van der Waals surface area (Å²) < 4.78 is 13.9. The first-order valence-corrected chi connectivity index (χ1v) is 7.88. The molecule has 0 saturated carbocycles. The lowest BCUT2D eigenvalue weighted by Gasteiger charge is -2.32. The van der Waals surface area contributed by atoms with Crippen molar-refractivity contribution in [1.29, 1.82) is 0 Å². The molecule has 1 N–H and O–H groups in total. The van der Waals surface area contributed by atoms with Crippen molar-refractivity contribution in [2.24, 2.45) is 9.98 Å². The quantitative estimate of drug-likeness (QED) is 0.799. The highest BCUT2D eigenvalue weighted by molar-refractivity contribution is 6.33. The predicted molar refractivity (Wildman–Crippen MR) is 94.0 cm³/mol. The van der Waals surface area contributed by atoms with Gasteiger partial charge in [-0.15, -0.1) is 0 Å². The first-order chi connectivity index (χ1) is 11.6. The van der Waals surface area contributed by atoms with Crippen molar-refractivity contribution in [3.05, 3.63) is 76.3 Å². The molecule has 6 heteroatoms. The van der Waals surface area contributed by atoms with Crippen LogP contribution < -0.4 is 5.32 Å². The van der Waals surface area contributed by atoms with Crippen LogP contribution in [0, 0.1) is 5.82 Å². The summed E-state index contributed by atoms with van der Waals surface area (Å²) in [5, 5.41) is 3.38. The first kappa shape index (κ1) is 14.9. The molecule has 120 valence electrons. The summed E-state index contributed by atoms with van der Waals surface area (Å²) >= 11 is 6.33. The molecule has 0 amide bonds. The Hall–Kier alpha value is -2.66. The number of likely N-dealkylation sites (N-methyl/N-ethyl adjacent to an activating group) is 1. The van der Waals surface area contributed by atoms with Crippen LogP contribution in [0.1, 0.15) is 17.2 Å². The number of fused-ring (bicyclic) bond motifs is 2. The lowest BCUT2D eigenvalue weighted by molar-refractivity contribution is 0.367. The Kier molecular flexibility index (Phi) is 3.58. The van der Waals surface area contributed by atoms with Gasteiger partial charge in [0.2, 0.25) is 0 Å². The fourth-order valence-corrected chi connectivity index (χ4v) is 3.39. The molecule has 0 aromatic heterocycles. The summed E-state index contributed by atoms with van der Waals surface area (Å²) in [5.41, 5.74) is 3.19. The van der Waals surface area contributed by atoms with Gasteiger partial charge in [-0.2, -0.15) is 0 Å². The topological polar surface area (TPSA) is 40.0 Å². The molecule has 0 fully saturated rings. The van der Waals surface area contributed by atoms with Gasteiger partial charge in [0.1, 0.15) is 11.5 Å². The molecule has 4 rings (SSSR count). The molecule has 1 atom stereocenters. The Balaban J connectivity index is 1.99. The van der Waals surface area contributed by atoms with Crippen LogP contribution in [0.3, 0.4) is 0 Å². The number of aliphatic imine (C=N–C) groups is 2. The van der Waals surface area contributed by atoms with Gasteiger partial charge >= 0.3 is 0 Å². The molecule has 24 heavy (non-hydrogen) atoms. The molecule has 0 radical (unpaired) electrons. The third kappa shape index (κ3) is 2.37. The normalized spacial score (nSPS) is 19.2. The second kappa shape index (κ2) is 5.76. The smallest absolute Gasteiger partial charge is 0.158 e. The number of halogens is 2. The van der Waals surface area contributed by atoms with Crippen molar-refractivity contribution in [3.63, 3.8) is 0 Å². The average molecular weight is 341 g/mol. The highest BCUT2D eigenvalue weighted by Crippen LogP contribution is 2.40. The predicted octanol–water partition coefficient (Wildman–Crippen LogP) is 3.93. The summed E-state index contributed by atoms with van der Waals surface area (Å²) in [5.74, 6) is 0.307. The minimum atomic E-state index is -0.294. The minimum absolute atomic E-state index is 0.225. The van der Waals surface area contributed by atoms with E-state index in [9.17, 15) is 4.39 Å². The second-order valence-electron chi connectivity index (χ2n) is 5.63. The zero-order valence-electron chi connectivity index (χ0n) is 12.9. The summed E-state index contributed by atoms with van der Waals surface area (Å²) in [4.78, 5) is 10.7. The number of benzene rings is 2. The highest BCUT2D eigenvalue weighted by Gasteiger charge is 2.32. The zero-order valence-corrected chi connectivity index (χ0v) is 13.6. The SMILES string of the molecule is CN1C2=C(Cl)N=CNC2=Nc2ccc(F)cc2C1c1ccccc1. The molecule has 0 saturated heterocycles. The number of hydrogen-bond donors (Lipinski definition) is 1. The van der Waals surface area contributed by atoms with E-state index >= 15 is 0 Å². The number of nitrogens with zero attached hydrogens (tertiary/aromatic N) is 3. The van der Waals surface area contributed by atoms with Crippen LogP contribution >= 0.6 is 11.6 Å². The number of nitrogens with one attached hydrogen (secondary N) is 1. The van der Waals surface area contributed by atoms with Crippen molar-refractivity contribution in [1.82, 2.24) is 10.2 Å². The largest absolute Gasteiger partial charge is 0.358 e. The lowest BCUT2D eigenvalue weighted by Crippen LogP contribution is -2.36. The summed E-state index contributed by atoms with van der Waals surface area (Å²) in [7, 11) is 1.91. The molecule has 2 aliphatic heterocycles. The maximum absolute atomic E-state index is 13.9. The molecule has 2 heterocycles. The molecule has 2 aromatic carbocycles. The molecule has 0 bridgehead atoms. The van der Waals surface area contributed by atoms with Gasteiger partial charge in [-0.1, -0.05) is 41.9 Å². The van der Waals surface area contributed by atoms with E-state index in [-0.39, 0.29) is 11.9 Å². The molecule has 0 spiro atoms. The van der Waals surface area contributed by atoms with E-state index in [0.29, 0.717) is 22.4 Å². The van der Waals surface area contributed by atoms with Gasteiger partial charge < -0.3 is 10.2 Å². The van der Waals surface area contributed by atoms with Crippen LogP contribution in [0.2, 0.25) is 0 Å². The van der Waals surface area contributed by atoms with Gasteiger partial charge in [0.05, 0.1) is 18.1 Å². The van der Waals surface area contributed by atoms with Crippen molar-refractivity contribution in [3.8, 4) is 0 Å². The Morgan fingerprint density at radius 2 is 1.96 bits per heavy atom. The van der Waals surface area contributed by atoms with E-state index in [1.165, 1.54) is 18.5 Å². The summed E-state index contributed by atoms with van der Waals surface area (Å²) in [6.45, 7) is 0. The van der Waals surface area contributed by atoms with Crippen LogP contribution in [0.25, 0.3) is 0 Å². The maximum atomic E-state index is 13.9. The Bertz CT molecular complexity index is 889. The van der Waals surface area contributed by atoms with Gasteiger partial charge in [-0.3, -0.25) is 0 Å². The number of rotatable bonds is 1.